The van der Waals surface area contributed by atoms with Crippen molar-refractivity contribution < 1.29 is 17.6 Å². The molecule has 1 saturated heterocycles. The lowest BCUT2D eigenvalue weighted by Gasteiger charge is -2.25. The third kappa shape index (κ3) is 4.53. The number of nitrogens with zero attached hydrogens (tertiary/aromatic N) is 1. The molecule has 0 unspecified atom stereocenters. The Kier molecular flexibility index (Phi) is 5.78. The van der Waals surface area contributed by atoms with Crippen molar-refractivity contribution in [2.24, 2.45) is 0 Å². The maximum atomic E-state index is 12.6. The predicted molar refractivity (Wildman–Crippen MR) is 101 cm³/mol. The number of amides is 1. The molecule has 0 spiro atoms. The van der Waals surface area contributed by atoms with Gasteiger partial charge in [0.1, 0.15) is 5.76 Å². The average Bonchev–Trinajstić information content (AvgIpc) is 3.12. The van der Waals surface area contributed by atoms with E-state index in [0.29, 0.717) is 24.3 Å². The lowest BCUT2D eigenvalue weighted by Crippen LogP contribution is -2.36. The van der Waals surface area contributed by atoms with Gasteiger partial charge in [-0.25, -0.2) is 12.7 Å². The standard InChI is InChI=1S/C19H24N2O4S/c1-2-17-9-10-18(25-17)19(22)20-16-8-6-7-15(13-16)14-26(23,24)21-11-4-3-5-12-21/h6-10,13H,2-5,11-12,14H2,1H3,(H,20,22). The molecule has 1 amide bonds. The van der Waals surface area contributed by atoms with Crippen molar-refractivity contribution in [2.75, 3.05) is 18.4 Å². The maximum absolute atomic E-state index is 12.6. The minimum atomic E-state index is -3.33. The summed E-state index contributed by atoms with van der Waals surface area (Å²) in [6.45, 7) is 3.14. The van der Waals surface area contributed by atoms with Crippen LogP contribution in [0.25, 0.3) is 0 Å². The first-order valence-electron chi connectivity index (χ1n) is 8.95. The smallest absolute Gasteiger partial charge is 0.291 e. The monoisotopic (exact) mass is 376 g/mol. The molecule has 2 aromatic rings. The number of benzene rings is 1. The summed E-state index contributed by atoms with van der Waals surface area (Å²) in [5.74, 6) is 0.586. The van der Waals surface area contributed by atoms with Gasteiger partial charge in [-0.05, 0) is 42.7 Å². The molecule has 6 nitrogen and oxygen atoms in total. The van der Waals surface area contributed by atoms with Gasteiger partial charge < -0.3 is 9.73 Å². The number of carbonyl (C=O) groups is 1. The number of hydrogen-bond donors (Lipinski definition) is 1. The van der Waals surface area contributed by atoms with Gasteiger partial charge in [0.2, 0.25) is 10.0 Å². The molecule has 1 aromatic heterocycles. The van der Waals surface area contributed by atoms with Gasteiger partial charge in [0, 0.05) is 25.2 Å². The zero-order valence-electron chi connectivity index (χ0n) is 14.9. The first-order valence-corrected chi connectivity index (χ1v) is 10.6. The van der Waals surface area contributed by atoms with Crippen molar-refractivity contribution in [3.63, 3.8) is 0 Å². The van der Waals surface area contributed by atoms with Gasteiger partial charge in [-0.1, -0.05) is 25.5 Å². The first-order chi connectivity index (χ1) is 12.5. The molecule has 140 valence electrons. The van der Waals surface area contributed by atoms with Crippen LogP contribution in [-0.4, -0.2) is 31.7 Å². The van der Waals surface area contributed by atoms with Gasteiger partial charge in [0.05, 0.1) is 5.75 Å². The summed E-state index contributed by atoms with van der Waals surface area (Å²) in [5.41, 5.74) is 1.21. The fraction of sp³-hybridized carbons (Fsp3) is 0.421. The van der Waals surface area contributed by atoms with Crippen LogP contribution in [0, 0.1) is 0 Å². The second kappa shape index (κ2) is 8.05. The van der Waals surface area contributed by atoms with Crippen molar-refractivity contribution in [3.05, 3.63) is 53.5 Å². The Balaban J connectivity index is 1.68. The van der Waals surface area contributed by atoms with Gasteiger partial charge in [-0.15, -0.1) is 0 Å². The van der Waals surface area contributed by atoms with Crippen LogP contribution in [0.5, 0.6) is 0 Å². The Hall–Kier alpha value is -2.12. The topological polar surface area (TPSA) is 79.6 Å². The second-order valence-electron chi connectivity index (χ2n) is 6.49. The molecular weight excluding hydrogens is 352 g/mol. The van der Waals surface area contributed by atoms with E-state index in [-0.39, 0.29) is 17.4 Å². The van der Waals surface area contributed by atoms with Crippen molar-refractivity contribution in [2.45, 2.75) is 38.4 Å². The van der Waals surface area contributed by atoms with Crippen LogP contribution in [-0.2, 0) is 22.2 Å². The maximum Gasteiger partial charge on any atom is 0.291 e. The van der Waals surface area contributed by atoms with E-state index in [4.69, 9.17) is 4.42 Å². The fourth-order valence-corrected chi connectivity index (χ4v) is 4.66. The highest BCUT2D eigenvalue weighted by Gasteiger charge is 2.24. The molecule has 0 radical (unpaired) electrons. The van der Waals surface area contributed by atoms with Crippen LogP contribution in [0.1, 0.15) is 48.1 Å². The van der Waals surface area contributed by atoms with Gasteiger partial charge in [0.25, 0.3) is 5.91 Å². The molecule has 0 atom stereocenters. The van der Waals surface area contributed by atoms with Crippen molar-refractivity contribution >= 4 is 21.6 Å². The zero-order chi connectivity index (χ0) is 18.6. The number of carbonyl (C=O) groups excluding carboxylic acids is 1. The summed E-state index contributed by atoms with van der Waals surface area (Å²) in [5, 5.41) is 2.76. The predicted octanol–water partition coefficient (Wildman–Crippen LogP) is 3.41. The molecule has 2 heterocycles. The van der Waals surface area contributed by atoms with Gasteiger partial charge in [-0.3, -0.25) is 4.79 Å². The molecule has 3 rings (SSSR count). The highest BCUT2D eigenvalue weighted by Crippen LogP contribution is 2.20. The summed E-state index contributed by atoms with van der Waals surface area (Å²) in [6, 6.07) is 10.4. The molecule has 1 aromatic carbocycles. The molecule has 7 heteroatoms. The van der Waals surface area contributed by atoms with Crippen molar-refractivity contribution in [1.29, 1.82) is 0 Å². The third-order valence-electron chi connectivity index (χ3n) is 4.48. The molecule has 1 aliphatic rings. The van der Waals surface area contributed by atoms with Crippen LogP contribution in [0.3, 0.4) is 0 Å². The summed E-state index contributed by atoms with van der Waals surface area (Å²) in [4.78, 5) is 12.3. The Morgan fingerprint density at radius 1 is 1.15 bits per heavy atom. The van der Waals surface area contributed by atoms with E-state index in [1.165, 1.54) is 0 Å². The second-order valence-corrected chi connectivity index (χ2v) is 8.46. The van der Waals surface area contributed by atoms with Crippen molar-refractivity contribution in [1.82, 2.24) is 4.31 Å². The normalized spacial score (nSPS) is 15.7. The van der Waals surface area contributed by atoms with E-state index >= 15 is 0 Å². The molecule has 26 heavy (non-hydrogen) atoms. The summed E-state index contributed by atoms with van der Waals surface area (Å²) >= 11 is 0. The van der Waals surface area contributed by atoms with Crippen LogP contribution >= 0.6 is 0 Å². The minimum Gasteiger partial charge on any atom is -0.456 e. The van der Waals surface area contributed by atoms with E-state index < -0.39 is 10.0 Å². The number of sulfonamides is 1. The number of anilines is 1. The third-order valence-corrected chi connectivity index (χ3v) is 6.33. The largest absolute Gasteiger partial charge is 0.456 e. The van der Waals surface area contributed by atoms with Crippen molar-refractivity contribution in [3.8, 4) is 0 Å². The molecular formula is C19H24N2O4S. The van der Waals surface area contributed by atoms with Crippen LogP contribution < -0.4 is 5.32 Å². The first kappa shape index (κ1) is 18.7. The number of hydrogen-bond acceptors (Lipinski definition) is 4. The fourth-order valence-electron chi connectivity index (χ4n) is 3.07. The number of piperidine rings is 1. The van der Waals surface area contributed by atoms with Crippen LogP contribution in [0.2, 0.25) is 0 Å². The highest BCUT2D eigenvalue weighted by molar-refractivity contribution is 7.88. The van der Waals surface area contributed by atoms with Crippen LogP contribution in [0.4, 0.5) is 5.69 Å². The summed E-state index contributed by atoms with van der Waals surface area (Å²) < 4.78 is 32.1. The Bertz CT molecular complexity index is 867. The average molecular weight is 376 g/mol. The SMILES string of the molecule is CCc1ccc(C(=O)Nc2cccc(CS(=O)(=O)N3CCCCC3)c2)o1. The van der Waals surface area contributed by atoms with E-state index in [2.05, 4.69) is 5.32 Å². The van der Waals surface area contributed by atoms with Gasteiger partial charge in [-0.2, -0.15) is 0 Å². The Labute approximate surface area is 154 Å². The summed E-state index contributed by atoms with van der Waals surface area (Å²) in [7, 11) is -3.33. The van der Waals surface area contributed by atoms with E-state index in [1.54, 1.807) is 40.7 Å². The molecule has 1 fully saturated rings. The van der Waals surface area contributed by atoms with Crippen LogP contribution in [0.15, 0.2) is 40.8 Å². The highest BCUT2D eigenvalue weighted by atomic mass is 32.2. The number of rotatable bonds is 6. The molecule has 1 N–H and O–H groups in total. The number of aryl methyl sites for hydroxylation is 1. The molecule has 0 bridgehead atoms. The lowest BCUT2D eigenvalue weighted by atomic mass is 10.2. The Morgan fingerprint density at radius 3 is 2.62 bits per heavy atom. The molecule has 0 saturated carbocycles. The van der Waals surface area contributed by atoms with E-state index in [1.807, 2.05) is 6.92 Å². The number of nitrogens with one attached hydrogen (secondary N) is 1. The zero-order valence-corrected chi connectivity index (χ0v) is 15.7. The van der Waals surface area contributed by atoms with E-state index in [0.717, 1.165) is 31.4 Å². The lowest BCUT2D eigenvalue weighted by molar-refractivity contribution is 0.0995. The number of furan rings is 1. The Morgan fingerprint density at radius 2 is 1.92 bits per heavy atom. The quantitative estimate of drug-likeness (QED) is 0.838. The molecule has 1 aliphatic heterocycles. The minimum absolute atomic E-state index is 0.0581. The van der Waals surface area contributed by atoms with Gasteiger partial charge in [0.15, 0.2) is 5.76 Å². The van der Waals surface area contributed by atoms with Gasteiger partial charge >= 0.3 is 0 Å². The summed E-state index contributed by atoms with van der Waals surface area (Å²) in [6.07, 6.45) is 3.63. The van der Waals surface area contributed by atoms with E-state index in [9.17, 15) is 13.2 Å². The molecule has 0 aliphatic carbocycles.